The van der Waals surface area contributed by atoms with Crippen LogP contribution < -0.4 is 0 Å². The van der Waals surface area contributed by atoms with Gasteiger partial charge in [-0.25, -0.2) is 0 Å². The van der Waals surface area contributed by atoms with E-state index in [4.69, 9.17) is 9.05 Å². The van der Waals surface area contributed by atoms with Crippen LogP contribution >= 0.6 is 0 Å². The fraction of sp³-hybridized carbons (Fsp3) is 0.417. The third kappa shape index (κ3) is 3.78. The van der Waals surface area contributed by atoms with Gasteiger partial charge in [0.2, 0.25) is 0 Å². The summed E-state index contributed by atoms with van der Waals surface area (Å²) in [6.45, 7) is 9.99. The van der Waals surface area contributed by atoms with Crippen LogP contribution in [0.15, 0.2) is 39.6 Å². The molecule has 1 fully saturated rings. The molecule has 1 aliphatic rings. The van der Waals surface area contributed by atoms with E-state index in [0.717, 1.165) is 41.9 Å². The van der Waals surface area contributed by atoms with E-state index in [1.807, 2.05) is 42.5 Å². The number of aromatic nitrogens is 6. The number of likely N-dealkylation sites (tertiary alicyclic amines) is 1. The largest absolute Gasteiger partial charge is 0.355 e. The topological polar surface area (TPSA) is 116 Å². The zero-order valence-electron chi connectivity index (χ0n) is 19.8. The molecule has 176 valence electrons. The summed E-state index contributed by atoms with van der Waals surface area (Å²) in [6, 6.07) is 5.39. The van der Waals surface area contributed by atoms with Gasteiger partial charge in [-0.1, -0.05) is 17.2 Å². The van der Waals surface area contributed by atoms with Crippen molar-refractivity contribution in [2.45, 2.75) is 52.5 Å². The standard InChI is InChI=1S/C24H27N7O3/c1-5-31-16(3)20(15(2)27-31)19-14-18(28-33-19)22(32)30-12-8-24(4,9-13-30)23-26-21(34-29-23)17-6-10-25-11-7-17/h6-7,10-11,14H,5,8-9,12-13H2,1-4H3. The van der Waals surface area contributed by atoms with Gasteiger partial charge in [-0.05, 0) is 45.7 Å². The van der Waals surface area contributed by atoms with Crippen molar-refractivity contribution in [3.05, 3.63) is 53.5 Å². The number of amides is 1. The molecule has 0 saturated carbocycles. The lowest BCUT2D eigenvalue weighted by molar-refractivity contribution is 0.0659. The maximum atomic E-state index is 13.1. The van der Waals surface area contributed by atoms with Gasteiger partial charge < -0.3 is 13.9 Å². The predicted molar refractivity (Wildman–Crippen MR) is 123 cm³/mol. The number of hydrogen-bond donors (Lipinski definition) is 0. The molecule has 0 unspecified atom stereocenters. The van der Waals surface area contributed by atoms with Crippen molar-refractivity contribution in [2.75, 3.05) is 13.1 Å². The summed E-state index contributed by atoms with van der Waals surface area (Å²) in [6.07, 6.45) is 4.83. The lowest BCUT2D eigenvalue weighted by atomic mass is 9.79. The van der Waals surface area contributed by atoms with Crippen molar-refractivity contribution in [3.8, 4) is 22.8 Å². The van der Waals surface area contributed by atoms with Crippen LogP contribution in [0.1, 0.15) is 54.4 Å². The molecule has 10 heteroatoms. The molecular weight excluding hydrogens is 434 g/mol. The highest BCUT2D eigenvalue weighted by atomic mass is 16.5. The molecule has 0 aliphatic carbocycles. The Balaban J connectivity index is 1.28. The SMILES string of the molecule is CCn1nc(C)c(-c2cc(C(=O)N3CCC(C)(c4noc(-c5ccncc5)n4)CC3)no2)c1C. The molecule has 4 aromatic heterocycles. The van der Waals surface area contributed by atoms with E-state index < -0.39 is 0 Å². The molecule has 0 radical (unpaired) electrons. The summed E-state index contributed by atoms with van der Waals surface area (Å²) < 4.78 is 13.0. The van der Waals surface area contributed by atoms with Gasteiger partial charge in [0, 0.05) is 54.8 Å². The highest BCUT2D eigenvalue weighted by Gasteiger charge is 2.38. The summed E-state index contributed by atoms with van der Waals surface area (Å²) in [5, 5.41) is 12.8. The Morgan fingerprint density at radius 2 is 1.85 bits per heavy atom. The average molecular weight is 462 g/mol. The summed E-state index contributed by atoms with van der Waals surface area (Å²) in [5.74, 6) is 1.56. The van der Waals surface area contributed by atoms with Crippen molar-refractivity contribution in [1.29, 1.82) is 0 Å². The first kappa shape index (κ1) is 22.0. The van der Waals surface area contributed by atoms with Crippen molar-refractivity contribution in [2.24, 2.45) is 0 Å². The third-order valence-corrected chi connectivity index (χ3v) is 6.70. The molecule has 0 atom stereocenters. The minimum atomic E-state index is -0.274. The van der Waals surface area contributed by atoms with E-state index in [1.165, 1.54) is 0 Å². The van der Waals surface area contributed by atoms with Gasteiger partial charge in [0.25, 0.3) is 11.8 Å². The van der Waals surface area contributed by atoms with Gasteiger partial charge in [0.1, 0.15) is 0 Å². The first-order chi connectivity index (χ1) is 16.4. The van der Waals surface area contributed by atoms with Crippen LogP contribution in [0.5, 0.6) is 0 Å². The van der Waals surface area contributed by atoms with Crippen LogP contribution in [-0.4, -0.2) is 54.0 Å². The van der Waals surface area contributed by atoms with Crippen molar-refractivity contribution >= 4 is 5.91 Å². The maximum absolute atomic E-state index is 13.1. The van der Waals surface area contributed by atoms with E-state index in [0.29, 0.717) is 36.3 Å². The summed E-state index contributed by atoms with van der Waals surface area (Å²) >= 11 is 0. The Labute approximate surface area is 197 Å². The molecule has 1 aliphatic heterocycles. The minimum absolute atomic E-state index is 0.138. The maximum Gasteiger partial charge on any atom is 0.276 e. The van der Waals surface area contributed by atoms with Crippen molar-refractivity contribution < 1.29 is 13.8 Å². The number of nitrogens with zero attached hydrogens (tertiary/aromatic N) is 7. The second-order valence-corrected chi connectivity index (χ2v) is 8.95. The number of carbonyl (C=O) groups excluding carboxylic acids is 1. The van der Waals surface area contributed by atoms with Gasteiger partial charge in [-0.3, -0.25) is 14.5 Å². The van der Waals surface area contributed by atoms with Crippen LogP contribution in [0.25, 0.3) is 22.8 Å². The molecule has 1 saturated heterocycles. The fourth-order valence-electron chi connectivity index (χ4n) is 4.52. The van der Waals surface area contributed by atoms with Crippen LogP contribution in [0.3, 0.4) is 0 Å². The molecule has 4 aromatic rings. The number of hydrogen-bond acceptors (Lipinski definition) is 8. The Bertz CT molecular complexity index is 1310. The van der Waals surface area contributed by atoms with Crippen molar-refractivity contribution in [1.82, 2.24) is 35.0 Å². The molecule has 10 nitrogen and oxygen atoms in total. The lowest BCUT2D eigenvalue weighted by Gasteiger charge is -2.36. The first-order valence-corrected chi connectivity index (χ1v) is 11.4. The minimum Gasteiger partial charge on any atom is -0.355 e. The average Bonchev–Trinajstić information content (AvgIpc) is 3.59. The quantitative estimate of drug-likeness (QED) is 0.440. The van der Waals surface area contributed by atoms with E-state index in [1.54, 1.807) is 18.5 Å². The van der Waals surface area contributed by atoms with E-state index >= 15 is 0 Å². The molecule has 0 aromatic carbocycles. The van der Waals surface area contributed by atoms with Gasteiger partial charge in [-0.15, -0.1) is 0 Å². The Hall–Kier alpha value is -3.82. The number of carbonyl (C=O) groups is 1. The van der Waals surface area contributed by atoms with Gasteiger partial charge in [0.15, 0.2) is 17.3 Å². The molecule has 5 heterocycles. The molecule has 1 amide bonds. The van der Waals surface area contributed by atoms with Crippen LogP contribution in [0.2, 0.25) is 0 Å². The van der Waals surface area contributed by atoms with E-state index in [-0.39, 0.29) is 11.3 Å². The zero-order valence-corrected chi connectivity index (χ0v) is 19.8. The first-order valence-electron chi connectivity index (χ1n) is 11.4. The summed E-state index contributed by atoms with van der Waals surface area (Å²) in [4.78, 5) is 23.6. The summed E-state index contributed by atoms with van der Waals surface area (Å²) in [5.41, 5.74) is 3.61. The van der Waals surface area contributed by atoms with Gasteiger partial charge in [0.05, 0.1) is 11.3 Å². The highest BCUT2D eigenvalue weighted by Crippen LogP contribution is 2.35. The molecular formula is C24H27N7O3. The Kier molecular flexibility index (Phi) is 5.51. The number of pyridine rings is 1. The molecule has 34 heavy (non-hydrogen) atoms. The molecule has 0 N–H and O–H groups in total. The summed E-state index contributed by atoms with van der Waals surface area (Å²) in [7, 11) is 0. The number of rotatable bonds is 5. The van der Waals surface area contributed by atoms with Gasteiger partial charge >= 0.3 is 0 Å². The highest BCUT2D eigenvalue weighted by molar-refractivity contribution is 5.93. The number of aryl methyl sites for hydroxylation is 2. The van der Waals surface area contributed by atoms with Crippen LogP contribution in [0, 0.1) is 13.8 Å². The molecule has 0 bridgehead atoms. The smallest absolute Gasteiger partial charge is 0.276 e. The van der Waals surface area contributed by atoms with Crippen molar-refractivity contribution in [3.63, 3.8) is 0 Å². The zero-order chi connectivity index (χ0) is 23.9. The number of piperidine rings is 1. The molecule has 5 rings (SSSR count). The predicted octanol–water partition coefficient (Wildman–Crippen LogP) is 3.81. The van der Waals surface area contributed by atoms with Crippen LogP contribution in [-0.2, 0) is 12.0 Å². The van der Waals surface area contributed by atoms with Gasteiger partial charge in [-0.2, -0.15) is 10.1 Å². The monoisotopic (exact) mass is 461 g/mol. The Morgan fingerprint density at radius 1 is 1.12 bits per heavy atom. The molecule has 0 spiro atoms. The van der Waals surface area contributed by atoms with E-state index in [9.17, 15) is 4.79 Å². The van der Waals surface area contributed by atoms with Crippen LogP contribution in [0.4, 0.5) is 0 Å². The van der Waals surface area contributed by atoms with E-state index in [2.05, 4.69) is 32.3 Å². The second kappa shape index (κ2) is 8.51. The third-order valence-electron chi connectivity index (χ3n) is 6.70. The second-order valence-electron chi connectivity index (χ2n) is 8.95. The normalized spacial score (nSPS) is 15.6. The Morgan fingerprint density at radius 3 is 2.53 bits per heavy atom. The lowest BCUT2D eigenvalue weighted by Crippen LogP contribution is -2.44. The fourth-order valence-corrected chi connectivity index (χ4v) is 4.52.